The van der Waals surface area contributed by atoms with Gasteiger partial charge in [0.1, 0.15) is 5.75 Å². The second kappa shape index (κ2) is 12.3. The van der Waals surface area contributed by atoms with E-state index in [4.69, 9.17) is 16.3 Å². The van der Waals surface area contributed by atoms with Crippen molar-refractivity contribution in [3.8, 4) is 5.75 Å². The van der Waals surface area contributed by atoms with Crippen molar-refractivity contribution in [1.29, 1.82) is 0 Å². The van der Waals surface area contributed by atoms with Crippen LogP contribution in [0.2, 0.25) is 5.02 Å². The molecule has 2 aromatic carbocycles. The van der Waals surface area contributed by atoms with Gasteiger partial charge < -0.3 is 10.1 Å². The summed E-state index contributed by atoms with van der Waals surface area (Å²) >= 11 is 6.20. The first kappa shape index (κ1) is 28.8. The van der Waals surface area contributed by atoms with Crippen LogP contribution in [0.15, 0.2) is 52.3 Å². The number of carbonyl (C=O) groups is 1. The molecular weight excluding hydrogens is 550 g/mol. The van der Waals surface area contributed by atoms with Gasteiger partial charge in [-0.1, -0.05) is 23.7 Å². The molecular formula is C26H34ClN3O6S2. The van der Waals surface area contributed by atoms with Crippen LogP contribution in [-0.2, 0) is 31.3 Å². The van der Waals surface area contributed by atoms with Crippen molar-refractivity contribution in [3.63, 3.8) is 0 Å². The summed E-state index contributed by atoms with van der Waals surface area (Å²) in [7, 11) is -7.26. The van der Waals surface area contributed by atoms with Gasteiger partial charge in [0.2, 0.25) is 26.0 Å². The third-order valence-electron chi connectivity index (χ3n) is 6.93. The Bertz CT molecular complexity index is 1340. The van der Waals surface area contributed by atoms with Crippen LogP contribution in [0.25, 0.3) is 0 Å². The minimum absolute atomic E-state index is 0.0715. The molecule has 2 fully saturated rings. The standard InChI is InChI=1S/C26H34ClN3O6S2/c1-2-36-25-12-11-23(18-24(25)27)38(34,35)30-17-5-6-21(19-30)26(31)28-14-13-20-7-9-22(10-8-20)37(32,33)29-15-3-4-16-29/h7-12,18,21H,2-6,13-17,19H2,1H3,(H,28,31)/t21-/m1/s1. The average molecular weight is 584 g/mol. The van der Waals surface area contributed by atoms with Crippen molar-refractivity contribution in [3.05, 3.63) is 53.1 Å². The van der Waals surface area contributed by atoms with E-state index < -0.39 is 26.0 Å². The van der Waals surface area contributed by atoms with Gasteiger partial charge in [-0.3, -0.25) is 4.79 Å². The molecule has 1 atom stereocenters. The Morgan fingerprint density at radius 1 is 0.947 bits per heavy atom. The number of nitrogens with zero attached hydrogens (tertiary/aromatic N) is 2. The van der Waals surface area contributed by atoms with E-state index in [1.165, 1.54) is 20.7 Å². The first-order valence-corrected chi connectivity index (χ1v) is 16.2. The molecule has 1 amide bonds. The highest BCUT2D eigenvalue weighted by atomic mass is 35.5. The topological polar surface area (TPSA) is 113 Å². The van der Waals surface area contributed by atoms with Crippen LogP contribution in [0.5, 0.6) is 5.75 Å². The fraction of sp³-hybridized carbons (Fsp3) is 0.500. The van der Waals surface area contributed by atoms with Crippen LogP contribution in [0.4, 0.5) is 0 Å². The zero-order valence-electron chi connectivity index (χ0n) is 21.4. The van der Waals surface area contributed by atoms with Crippen molar-refractivity contribution < 1.29 is 26.4 Å². The molecule has 4 rings (SSSR count). The van der Waals surface area contributed by atoms with Crippen LogP contribution in [0, 0.1) is 5.92 Å². The van der Waals surface area contributed by atoms with Crippen molar-refractivity contribution >= 4 is 37.6 Å². The summed E-state index contributed by atoms with van der Waals surface area (Å²) in [5, 5.41) is 3.13. The van der Waals surface area contributed by atoms with Gasteiger partial charge in [0, 0.05) is 32.7 Å². The fourth-order valence-electron chi connectivity index (χ4n) is 4.82. The highest BCUT2D eigenvalue weighted by Crippen LogP contribution is 2.30. The quantitative estimate of drug-likeness (QED) is 0.459. The summed E-state index contributed by atoms with van der Waals surface area (Å²) in [4.78, 5) is 13.2. The Labute approximate surface area is 230 Å². The molecule has 2 saturated heterocycles. The number of halogens is 1. The maximum Gasteiger partial charge on any atom is 0.243 e. The van der Waals surface area contributed by atoms with E-state index in [9.17, 15) is 21.6 Å². The van der Waals surface area contributed by atoms with Crippen LogP contribution in [0.3, 0.4) is 0 Å². The van der Waals surface area contributed by atoms with E-state index in [1.807, 2.05) is 6.92 Å². The molecule has 0 radical (unpaired) electrons. The lowest BCUT2D eigenvalue weighted by atomic mass is 9.99. The van der Waals surface area contributed by atoms with E-state index in [0.717, 1.165) is 18.4 Å². The van der Waals surface area contributed by atoms with E-state index in [0.29, 0.717) is 57.8 Å². The third kappa shape index (κ3) is 6.51. The minimum atomic E-state index is -3.81. The van der Waals surface area contributed by atoms with E-state index in [-0.39, 0.29) is 27.3 Å². The predicted octanol–water partition coefficient (Wildman–Crippen LogP) is 3.28. The normalized spacial score (nSPS) is 19.4. The molecule has 0 saturated carbocycles. The SMILES string of the molecule is CCOc1ccc(S(=O)(=O)N2CCC[C@@H](C(=O)NCCc3ccc(S(=O)(=O)N4CCCC4)cc3)C2)cc1Cl. The van der Waals surface area contributed by atoms with Gasteiger partial charge in [0.25, 0.3) is 0 Å². The Kier molecular flexibility index (Phi) is 9.36. The molecule has 1 N–H and O–H groups in total. The Morgan fingerprint density at radius 2 is 1.58 bits per heavy atom. The first-order valence-electron chi connectivity index (χ1n) is 12.9. The van der Waals surface area contributed by atoms with Crippen LogP contribution >= 0.6 is 11.6 Å². The van der Waals surface area contributed by atoms with Gasteiger partial charge >= 0.3 is 0 Å². The van der Waals surface area contributed by atoms with Gasteiger partial charge in [-0.2, -0.15) is 8.61 Å². The fourth-order valence-corrected chi connectivity index (χ4v) is 8.19. The molecule has 12 heteroatoms. The van der Waals surface area contributed by atoms with E-state index >= 15 is 0 Å². The van der Waals surface area contributed by atoms with Crippen molar-refractivity contribution in [2.45, 2.75) is 48.8 Å². The summed E-state index contributed by atoms with van der Waals surface area (Å²) in [6.45, 7) is 4.16. The zero-order chi connectivity index (χ0) is 27.3. The number of amides is 1. The largest absolute Gasteiger partial charge is 0.492 e. The molecule has 38 heavy (non-hydrogen) atoms. The Morgan fingerprint density at radius 3 is 2.24 bits per heavy atom. The summed E-state index contributed by atoms with van der Waals surface area (Å²) in [5.74, 6) is -0.223. The Hall–Kier alpha value is -2.18. The van der Waals surface area contributed by atoms with E-state index in [2.05, 4.69) is 5.32 Å². The molecule has 0 spiro atoms. The van der Waals surface area contributed by atoms with Crippen LogP contribution < -0.4 is 10.1 Å². The van der Waals surface area contributed by atoms with Crippen molar-refractivity contribution in [1.82, 2.24) is 13.9 Å². The molecule has 0 bridgehead atoms. The molecule has 0 aliphatic carbocycles. The molecule has 0 aromatic heterocycles. The highest BCUT2D eigenvalue weighted by molar-refractivity contribution is 7.89. The number of ether oxygens (including phenoxy) is 1. The number of carbonyl (C=O) groups excluding carboxylic acids is 1. The maximum absolute atomic E-state index is 13.2. The second-order valence-electron chi connectivity index (χ2n) is 9.52. The summed E-state index contributed by atoms with van der Waals surface area (Å²) in [6, 6.07) is 11.2. The number of rotatable bonds is 10. The Balaban J connectivity index is 1.31. The van der Waals surface area contributed by atoms with Crippen LogP contribution in [0.1, 0.15) is 38.2 Å². The number of hydrogen-bond acceptors (Lipinski definition) is 6. The highest BCUT2D eigenvalue weighted by Gasteiger charge is 2.33. The smallest absolute Gasteiger partial charge is 0.243 e. The van der Waals surface area contributed by atoms with Gasteiger partial charge in [-0.05, 0) is 74.9 Å². The minimum Gasteiger partial charge on any atom is -0.492 e. The first-order chi connectivity index (χ1) is 18.1. The van der Waals surface area contributed by atoms with E-state index in [1.54, 1.807) is 30.3 Å². The number of sulfonamides is 2. The number of benzene rings is 2. The number of piperidine rings is 1. The predicted molar refractivity (Wildman–Crippen MR) is 145 cm³/mol. The molecule has 0 unspecified atom stereocenters. The van der Waals surface area contributed by atoms with Crippen LogP contribution in [-0.4, -0.2) is 70.7 Å². The molecule has 2 heterocycles. The maximum atomic E-state index is 13.2. The zero-order valence-corrected chi connectivity index (χ0v) is 23.8. The van der Waals surface area contributed by atoms with Crippen molar-refractivity contribution in [2.75, 3.05) is 39.3 Å². The van der Waals surface area contributed by atoms with Gasteiger partial charge in [-0.15, -0.1) is 0 Å². The second-order valence-corrected chi connectivity index (χ2v) is 13.8. The molecule has 2 aliphatic rings. The molecule has 208 valence electrons. The molecule has 2 aliphatic heterocycles. The molecule has 9 nitrogen and oxygen atoms in total. The summed E-state index contributed by atoms with van der Waals surface area (Å²) in [6.07, 6.45) is 3.49. The lowest BCUT2D eigenvalue weighted by molar-refractivity contribution is -0.126. The summed E-state index contributed by atoms with van der Waals surface area (Å²) in [5.41, 5.74) is 0.908. The lowest BCUT2D eigenvalue weighted by Gasteiger charge is -2.31. The lowest BCUT2D eigenvalue weighted by Crippen LogP contribution is -2.45. The van der Waals surface area contributed by atoms with Gasteiger partial charge in [0.15, 0.2) is 0 Å². The van der Waals surface area contributed by atoms with Gasteiger partial charge in [-0.25, -0.2) is 16.8 Å². The average Bonchev–Trinajstić information content (AvgIpc) is 3.46. The number of nitrogens with one attached hydrogen (secondary N) is 1. The number of hydrogen-bond donors (Lipinski definition) is 1. The monoisotopic (exact) mass is 583 g/mol. The van der Waals surface area contributed by atoms with Gasteiger partial charge in [0.05, 0.1) is 27.3 Å². The molecule has 2 aromatic rings. The summed E-state index contributed by atoms with van der Waals surface area (Å²) < 4.78 is 60.0. The van der Waals surface area contributed by atoms with Crippen molar-refractivity contribution in [2.24, 2.45) is 5.92 Å². The third-order valence-corrected chi connectivity index (χ3v) is 11.0.